The van der Waals surface area contributed by atoms with Crippen LogP contribution in [0.3, 0.4) is 0 Å². The van der Waals surface area contributed by atoms with Crippen LogP contribution < -0.4 is 4.90 Å². The minimum absolute atomic E-state index is 0.560. The predicted octanol–water partition coefficient (Wildman–Crippen LogP) is 3.93. The van der Waals surface area contributed by atoms with Crippen LogP contribution in [0.1, 0.15) is 11.1 Å². The van der Waals surface area contributed by atoms with Crippen molar-refractivity contribution in [1.82, 2.24) is 9.88 Å². The number of hydrogen-bond donors (Lipinski definition) is 0. The van der Waals surface area contributed by atoms with E-state index in [-0.39, 0.29) is 0 Å². The van der Waals surface area contributed by atoms with E-state index in [4.69, 9.17) is 14.5 Å². The lowest BCUT2D eigenvalue weighted by Crippen LogP contribution is -2.37. The first kappa shape index (κ1) is 22.2. The van der Waals surface area contributed by atoms with Gasteiger partial charge in [0.25, 0.3) is 0 Å². The lowest BCUT2D eigenvalue weighted by atomic mass is 10.1. The van der Waals surface area contributed by atoms with Gasteiger partial charge in [0.2, 0.25) is 0 Å². The lowest BCUT2D eigenvalue weighted by molar-refractivity contribution is 0.0410. The number of benzene rings is 1. The average molecular weight is 442 g/mol. The molecule has 0 saturated carbocycles. The summed E-state index contributed by atoms with van der Waals surface area (Å²) >= 11 is 1.79. The second-order valence-electron chi connectivity index (χ2n) is 7.81. The summed E-state index contributed by atoms with van der Waals surface area (Å²) in [6.07, 6.45) is 0. The van der Waals surface area contributed by atoms with Crippen molar-refractivity contribution < 1.29 is 9.47 Å². The highest BCUT2D eigenvalue weighted by atomic mass is 32.2. The topological polar surface area (TPSA) is 62.5 Å². The molecule has 0 radical (unpaired) electrons. The summed E-state index contributed by atoms with van der Waals surface area (Å²) in [5, 5.41) is 9.88. The van der Waals surface area contributed by atoms with Crippen molar-refractivity contribution >= 4 is 23.3 Å². The molecular formula is C23H31N5O2S. The van der Waals surface area contributed by atoms with E-state index in [1.165, 1.54) is 5.56 Å². The third kappa shape index (κ3) is 7.00. The average Bonchev–Trinajstić information content (AvgIpc) is 2.80. The van der Waals surface area contributed by atoms with Gasteiger partial charge in [-0.3, -0.25) is 4.90 Å². The lowest BCUT2D eigenvalue weighted by Gasteiger charge is -2.29. The Bertz CT molecular complexity index is 867. The zero-order chi connectivity index (χ0) is 21.3. The largest absolute Gasteiger partial charge is 0.379 e. The second-order valence-corrected chi connectivity index (χ2v) is 8.93. The van der Waals surface area contributed by atoms with Crippen LogP contribution in [0.2, 0.25) is 0 Å². The first-order valence-electron chi connectivity index (χ1n) is 11.0. The van der Waals surface area contributed by atoms with Crippen molar-refractivity contribution in [2.24, 2.45) is 10.2 Å². The summed E-state index contributed by atoms with van der Waals surface area (Å²) in [6, 6.07) is 12.6. The second kappa shape index (κ2) is 11.6. The zero-order valence-electron chi connectivity index (χ0n) is 18.2. The van der Waals surface area contributed by atoms with Gasteiger partial charge in [-0.25, -0.2) is 4.98 Å². The summed E-state index contributed by atoms with van der Waals surface area (Å²) in [4.78, 5) is 9.55. The van der Waals surface area contributed by atoms with Crippen LogP contribution in [-0.4, -0.2) is 74.8 Å². The molecule has 0 aliphatic carbocycles. The monoisotopic (exact) mass is 441 g/mol. The molecule has 1 aromatic carbocycles. The molecule has 166 valence electrons. The number of aromatic nitrogens is 1. The van der Waals surface area contributed by atoms with E-state index in [1.807, 2.05) is 6.07 Å². The normalized spacial score (nSPS) is 18.0. The Balaban J connectivity index is 1.43. The smallest absolute Gasteiger partial charge is 0.177 e. The number of aryl methyl sites for hydroxylation is 1. The molecular weight excluding hydrogens is 410 g/mol. The van der Waals surface area contributed by atoms with E-state index >= 15 is 0 Å². The van der Waals surface area contributed by atoms with Crippen LogP contribution in [0.15, 0.2) is 51.7 Å². The fourth-order valence-corrected chi connectivity index (χ4v) is 4.63. The van der Waals surface area contributed by atoms with Gasteiger partial charge in [-0.1, -0.05) is 29.8 Å². The van der Waals surface area contributed by atoms with Crippen LogP contribution in [0.5, 0.6) is 0 Å². The molecule has 0 spiro atoms. The molecule has 7 nitrogen and oxygen atoms in total. The fourth-order valence-electron chi connectivity index (χ4n) is 3.71. The number of morpholine rings is 2. The maximum atomic E-state index is 5.52. The molecule has 0 bridgehead atoms. The zero-order valence-corrected chi connectivity index (χ0v) is 19.0. The van der Waals surface area contributed by atoms with E-state index in [0.29, 0.717) is 12.4 Å². The summed E-state index contributed by atoms with van der Waals surface area (Å²) in [6.45, 7) is 10.7. The van der Waals surface area contributed by atoms with Gasteiger partial charge < -0.3 is 14.4 Å². The standard InChI is InChI=1S/C23H31N5O2S/c1-19-3-2-4-20(15-19)18-24-26-22-16-21(28-7-12-30-13-8-28)17-23(25-22)31-14-9-27-5-10-29-11-6-27/h2-4,15-17H,5-14,18H2,1H3. The van der Waals surface area contributed by atoms with Crippen LogP contribution in [0.25, 0.3) is 0 Å². The molecule has 2 saturated heterocycles. The third-order valence-electron chi connectivity index (χ3n) is 5.42. The highest BCUT2D eigenvalue weighted by molar-refractivity contribution is 7.99. The van der Waals surface area contributed by atoms with Gasteiger partial charge in [0.05, 0.1) is 33.0 Å². The summed E-state index contributed by atoms with van der Waals surface area (Å²) in [5.41, 5.74) is 3.55. The van der Waals surface area contributed by atoms with Gasteiger partial charge >= 0.3 is 0 Å². The Morgan fingerprint density at radius 1 is 1.00 bits per heavy atom. The molecule has 1 aromatic heterocycles. The summed E-state index contributed by atoms with van der Waals surface area (Å²) in [7, 11) is 0. The van der Waals surface area contributed by atoms with Crippen molar-refractivity contribution in [2.45, 2.75) is 18.5 Å². The Hall–Kier alpha value is -2.00. The molecule has 0 atom stereocenters. The molecule has 0 amide bonds. The molecule has 2 aliphatic heterocycles. The van der Waals surface area contributed by atoms with Gasteiger partial charge in [0, 0.05) is 50.2 Å². The van der Waals surface area contributed by atoms with Gasteiger partial charge in [0.15, 0.2) is 5.82 Å². The Kier molecular flexibility index (Phi) is 8.29. The molecule has 3 heterocycles. The first-order valence-corrected chi connectivity index (χ1v) is 12.0. The van der Waals surface area contributed by atoms with Gasteiger partial charge in [-0.2, -0.15) is 5.11 Å². The molecule has 31 heavy (non-hydrogen) atoms. The number of ether oxygens (including phenoxy) is 2. The SMILES string of the molecule is Cc1cccc(CN=Nc2cc(N3CCOCC3)cc(SCCN3CCOCC3)n2)c1. The van der Waals surface area contributed by atoms with Gasteiger partial charge in [-0.15, -0.1) is 16.9 Å². The maximum Gasteiger partial charge on any atom is 0.177 e. The van der Waals surface area contributed by atoms with E-state index in [2.05, 4.69) is 57.3 Å². The molecule has 0 N–H and O–H groups in total. The number of pyridine rings is 1. The Morgan fingerprint density at radius 3 is 2.55 bits per heavy atom. The van der Waals surface area contributed by atoms with Crippen LogP contribution in [-0.2, 0) is 16.0 Å². The Morgan fingerprint density at radius 2 is 1.77 bits per heavy atom. The maximum absolute atomic E-state index is 5.52. The third-order valence-corrected chi connectivity index (χ3v) is 6.31. The van der Waals surface area contributed by atoms with Crippen LogP contribution in [0, 0.1) is 6.92 Å². The highest BCUT2D eigenvalue weighted by Crippen LogP contribution is 2.28. The molecule has 2 aromatic rings. The van der Waals surface area contributed by atoms with E-state index in [9.17, 15) is 0 Å². The minimum Gasteiger partial charge on any atom is -0.379 e. The molecule has 2 fully saturated rings. The Labute approximate surface area is 188 Å². The molecule has 2 aliphatic rings. The number of rotatable bonds is 8. The predicted molar refractivity (Wildman–Crippen MR) is 125 cm³/mol. The minimum atomic E-state index is 0.560. The summed E-state index contributed by atoms with van der Waals surface area (Å²) < 4.78 is 11.0. The first-order chi connectivity index (χ1) is 15.3. The number of hydrogen-bond acceptors (Lipinski definition) is 8. The highest BCUT2D eigenvalue weighted by Gasteiger charge is 2.15. The summed E-state index contributed by atoms with van der Waals surface area (Å²) in [5.74, 6) is 1.67. The number of thioether (sulfide) groups is 1. The van der Waals surface area contributed by atoms with Crippen molar-refractivity contribution in [3.63, 3.8) is 0 Å². The van der Waals surface area contributed by atoms with E-state index in [1.54, 1.807) is 11.8 Å². The molecule has 8 heteroatoms. The van der Waals surface area contributed by atoms with Crippen molar-refractivity contribution in [3.8, 4) is 0 Å². The fraction of sp³-hybridized carbons (Fsp3) is 0.522. The number of azo groups is 1. The molecule has 0 unspecified atom stereocenters. The van der Waals surface area contributed by atoms with Gasteiger partial charge in [0.1, 0.15) is 5.03 Å². The van der Waals surface area contributed by atoms with Crippen molar-refractivity contribution in [3.05, 3.63) is 47.5 Å². The number of anilines is 1. The quantitative estimate of drug-likeness (QED) is 0.457. The van der Waals surface area contributed by atoms with Crippen LogP contribution >= 0.6 is 11.8 Å². The van der Waals surface area contributed by atoms with Crippen LogP contribution in [0.4, 0.5) is 11.5 Å². The van der Waals surface area contributed by atoms with E-state index in [0.717, 1.165) is 81.2 Å². The number of nitrogens with zero attached hydrogens (tertiary/aromatic N) is 5. The van der Waals surface area contributed by atoms with E-state index < -0.39 is 0 Å². The molecule has 4 rings (SSSR count). The van der Waals surface area contributed by atoms with Crippen molar-refractivity contribution in [2.75, 3.05) is 69.8 Å². The van der Waals surface area contributed by atoms with Crippen molar-refractivity contribution in [1.29, 1.82) is 0 Å². The van der Waals surface area contributed by atoms with Gasteiger partial charge in [-0.05, 0) is 18.6 Å².